The fourth-order valence-corrected chi connectivity index (χ4v) is 2.98. The number of nitrogens with zero attached hydrogens (tertiary/aromatic N) is 1. The minimum Gasteiger partial charge on any atom is -0.478 e. The molecule has 4 nitrogen and oxygen atoms in total. The number of benzene rings is 1. The highest BCUT2D eigenvalue weighted by atomic mass is 16.4. The zero-order valence-electron chi connectivity index (χ0n) is 14.3. The first-order chi connectivity index (χ1) is 10.7. The summed E-state index contributed by atoms with van der Waals surface area (Å²) in [5.41, 5.74) is 4.01. The minimum absolute atomic E-state index is 0.0561. The lowest BCUT2D eigenvalue weighted by atomic mass is 9.86. The summed E-state index contributed by atoms with van der Waals surface area (Å²) in [5, 5.41) is 9.47. The van der Waals surface area contributed by atoms with Crippen molar-refractivity contribution < 1.29 is 14.7 Å². The molecule has 2 aromatic rings. The second kappa shape index (κ2) is 6.03. The molecule has 1 aromatic heterocycles. The molecular formula is C19H23NO3. The summed E-state index contributed by atoms with van der Waals surface area (Å²) in [6.07, 6.45) is 1.18. The van der Waals surface area contributed by atoms with Crippen molar-refractivity contribution in [2.45, 2.75) is 39.5 Å². The number of aldehydes is 1. The summed E-state index contributed by atoms with van der Waals surface area (Å²) >= 11 is 0. The van der Waals surface area contributed by atoms with E-state index in [2.05, 4.69) is 32.9 Å². The predicted molar refractivity (Wildman–Crippen MR) is 91.3 cm³/mol. The molecule has 0 saturated heterocycles. The number of hydrogen-bond acceptors (Lipinski definition) is 2. The molecule has 2 rings (SSSR count). The van der Waals surface area contributed by atoms with Crippen LogP contribution < -0.4 is 0 Å². The van der Waals surface area contributed by atoms with E-state index in [1.165, 1.54) is 5.56 Å². The Labute approximate surface area is 136 Å². The van der Waals surface area contributed by atoms with Crippen LogP contribution in [0.2, 0.25) is 0 Å². The van der Waals surface area contributed by atoms with Crippen LogP contribution in [0.25, 0.3) is 11.3 Å². The summed E-state index contributed by atoms with van der Waals surface area (Å²) in [7, 11) is 1.74. The van der Waals surface area contributed by atoms with E-state index in [0.29, 0.717) is 18.3 Å². The maximum atomic E-state index is 11.6. The van der Waals surface area contributed by atoms with E-state index in [0.717, 1.165) is 11.3 Å². The molecule has 0 spiro atoms. The largest absolute Gasteiger partial charge is 0.478 e. The van der Waals surface area contributed by atoms with Crippen molar-refractivity contribution in [2.75, 3.05) is 0 Å². The van der Waals surface area contributed by atoms with Gasteiger partial charge in [0.15, 0.2) is 6.29 Å². The minimum atomic E-state index is -1.06. The molecule has 0 unspecified atom stereocenters. The van der Waals surface area contributed by atoms with Gasteiger partial charge in [-0.1, -0.05) is 52.0 Å². The lowest BCUT2D eigenvalue weighted by Crippen LogP contribution is -2.10. The topological polar surface area (TPSA) is 59.3 Å². The average molecular weight is 313 g/mol. The van der Waals surface area contributed by atoms with Gasteiger partial charge in [0, 0.05) is 7.05 Å². The van der Waals surface area contributed by atoms with E-state index >= 15 is 0 Å². The third-order valence-corrected chi connectivity index (χ3v) is 4.24. The number of aromatic carboxylic acids is 1. The number of hydrogen-bond donors (Lipinski definition) is 1. The predicted octanol–water partition coefficient (Wildman–Crippen LogP) is 4.06. The molecule has 0 aliphatic rings. The third-order valence-electron chi connectivity index (χ3n) is 4.24. The Morgan fingerprint density at radius 2 is 1.78 bits per heavy atom. The van der Waals surface area contributed by atoms with Crippen molar-refractivity contribution in [3.63, 3.8) is 0 Å². The van der Waals surface area contributed by atoms with Gasteiger partial charge in [-0.25, -0.2) is 4.79 Å². The Kier molecular flexibility index (Phi) is 4.46. The van der Waals surface area contributed by atoms with Crippen molar-refractivity contribution in [3.8, 4) is 11.3 Å². The van der Waals surface area contributed by atoms with Gasteiger partial charge in [0.25, 0.3) is 0 Å². The molecule has 122 valence electrons. The zero-order valence-corrected chi connectivity index (χ0v) is 14.3. The lowest BCUT2D eigenvalue weighted by Gasteiger charge is -2.19. The Bertz CT molecular complexity index is 746. The van der Waals surface area contributed by atoms with Crippen LogP contribution in [0, 0.1) is 0 Å². The first kappa shape index (κ1) is 17.0. The van der Waals surface area contributed by atoms with Gasteiger partial charge < -0.3 is 9.67 Å². The number of carboxylic acids is 1. The van der Waals surface area contributed by atoms with Crippen LogP contribution in [0.5, 0.6) is 0 Å². The standard InChI is InChI=1S/C19H23NO3/c1-6-14-16(18(22)23)15(11-21)20(5)17(14)12-7-9-13(10-8-12)19(2,3)4/h7-11H,6H2,1-5H3,(H,22,23). The smallest absolute Gasteiger partial charge is 0.338 e. The van der Waals surface area contributed by atoms with Crippen molar-refractivity contribution >= 4 is 12.3 Å². The number of carbonyl (C=O) groups excluding carboxylic acids is 1. The molecule has 0 saturated carbocycles. The lowest BCUT2D eigenvalue weighted by molar-refractivity contribution is 0.0692. The van der Waals surface area contributed by atoms with E-state index in [1.807, 2.05) is 19.1 Å². The highest BCUT2D eigenvalue weighted by molar-refractivity contribution is 6.00. The van der Waals surface area contributed by atoms with Crippen molar-refractivity contribution in [1.82, 2.24) is 4.57 Å². The molecule has 0 aliphatic carbocycles. The summed E-state index contributed by atoms with van der Waals surface area (Å²) in [6.45, 7) is 8.35. The van der Waals surface area contributed by atoms with Gasteiger partial charge in [-0.3, -0.25) is 4.79 Å². The highest BCUT2D eigenvalue weighted by Crippen LogP contribution is 2.32. The van der Waals surface area contributed by atoms with E-state index in [4.69, 9.17) is 0 Å². The van der Waals surface area contributed by atoms with Crippen LogP contribution in [-0.4, -0.2) is 21.9 Å². The molecule has 1 N–H and O–H groups in total. The molecule has 0 atom stereocenters. The Morgan fingerprint density at radius 1 is 1.22 bits per heavy atom. The molecule has 0 aliphatic heterocycles. The fourth-order valence-electron chi connectivity index (χ4n) is 2.98. The summed E-state index contributed by atoms with van der Waals surface area (Å²) in [5.74, 6) is -1.06. The number of carboxylic acid groups (broad SMARTS) is 1. The molecular weight excluding hydrogens is 290 g/mol. The zero-order chi connectivity index (χ0) is 17.4. The van der Waals surface area contributed by atoms with E-state index in [-0.39, 0.29) is 16.7 Å². The van der Waals surface area contributed by atoms with Crippen LogP contribution in [-0.2, 0) is 18.9 Å². The summed E-state index contributed by atoms with van der Waals surface area (Å²) < 4.78 is 1.68. The number of carbonyl (C=O) groups is 2. The van der Waals surface area contributed by atoms with Crippen molar-refractivity contribution in [1.29, 1.82) is 0 Å². The molecule has 0 bridgehead atoms. The Morgan fingerprint density at radius 3 is 2.17 bits per heavy atom. The molecule has 1 aromatic carbocycles. The van der Waals surface area contributed by atoms with Gasteiger partial charge in [0.2, 0.25) is 0 Å². The molecule has 23 heavy (non-hydrogen) atoms. The molecule has 1 heterocycles. The van der Waals surface area contributed by atoms with Gasteiger partial charge in [-0.05, 0) is 28.5 Å². The highest BCUT2D eigenvalue weighted by Gasteiger charge is 2.25. The maximum absolute atomic E-state index is 11.6. The Hall–Kier alpha value is -2.36. The maximum Gasteiger partial charge on any atom is 0.338 e. The van der Waals surface area contributed by atoms with Gasteiger partial charge in [0.1, 0.15) is 0 Å². The van der Waals surface area contributed by atoms with E-state index in [1.54, 1.807) is 11.6 Å². The Balaban J connectivity index is 2.68. The summed E-state index contributed by atoms with van der Waals surface area (Å²) in [4.78, 5) is 22.9. The second-order valence-corrected chi connectivity index (χ2v) is 6.75. The first-order valence-corrected chi connectivity index (χ1v) is 7.73. The van der Waals surface area contributed by atoms with Gasteiger partial charge in [-0.15, -0.1) is 0 Å². The van der Waals surface area contributed by atoms with Crippen molar-refractivity contribution in [3.05, 3.63) is 46.6 Å². The normalized spacial score (nSPS) is 11.5. The molecule has 0 fully saturated rings. The van der Waals surface area contributed by atoms with Gasteiger partial charge >= 0.3 is 5.97 Å². The van der Waals surface area contributed by atoms with E-state index < -0.39 is 5.97 Å². The third kappa shape index (κ3) is 2.93. The monoisotopic (exact) mass is 313 g/mol. The summed E-state index contributed by atoms with van der Waals surface area (Å²) in [6, 6.07) is 8.11. The van der Waals surface area contributed by atoms with Gasteiger partial charge in [0.05, 0.1) is 17.0 Å². The van der Waals surface area contributed by atoms with Crippen LogP contribution in [0.3, 0.4) is 0 Å². The van der Waals surface area contributed by atoms with Crippen LogP contribution >= 0.6 is 0 Å². The number of rotatable bonds is 4. The van der Waals surface area contributed by atoms with Crippen LogP contribution in [0.4, 0.5) is 0 Å². The van der Waals surface area contributed by atoms with E-state index in [9.17, 15) is 14.7 Å². The quantitative estimate of drug-likeness (QED) is 0.866. The second-order valence-electron chi connectivity index (χ2n) is 6.75. The van der Waals surface area contributed by atoms with Crippen LogP contribution in [0.15, 0.2) is 24.3 Å². The molecule has 0 amide bonds. The first-order valence-electron chi connectivity index (χ1n) is 7.73. The molecule has 0 radical (unpaired) electrons. The average Bonchev–Trinajstić information content (AvgIpc) is 2.78. The fraction of sp³-hybridized carbons (Fsp3) is 0.368. The van der Waals surface area contributed by atoms with Crippen LogP contribution in [0.1, 0.15) is 59.7 Å². The number of aromatic nitrogens is 1. The molecule has 4 heteroatoms. The van der Waals surface area contributed by atoms with Gasteiger partial charge in [-0.2, -0.15) is 0 Å². The SMILES string of the molecule is CCc1c(C(=O)O)c(C=O)n(C)c1-c1ccc(C(C)(C)C)cc1. The van der Waals surface area contributed by atoms with Crippen molar-refractivity contribution in [2.24, 2.45) is 7.05 Å².